The highest BCUT2D eigenvalue weighted by Gasteiger charge is 2.52. The Labute approximate surface area is 112 Å². The molecule has 1 aliphatic carbocycles. The summed E-state index contributed by atoms with van der Waals surface area (Å²) < 4.78 is 12.3. The molecule has 1 aliphatic heterocycles. The van der Waals surface area contributed by atoms with Crippen LogP contribution in [-0.4, -0.2) is 18.3 Å². The van der Waals surface area contributed by atoms with Crippen LogP contribution in [0.2, 0.25) is 0 Å². The van der Waals surface area contributed by atoms with Crippen molar-refractivity contribution in [2.75, 3.05) is 0 Å². The Morgan fingerprint density at radius 1 is 1.06 bits per heavy atom. The zero-order valence-electron chi connectivity index (χ0n) is 13.0. The minimum Gasteiger partial charge on any atom is -0.400 e. The van der Waals surface area contributed by atoms with E-state index in [1.807, 2.05) is 0 Å². The third kappa shape index (κ3) is 2.27. The first-order chi connectivity index (χ1) is 8.05. The molecule has 0 bridgehead atoms. The summed E-state index contributed by atoms with van der Waals surface area (Å²) in [5.41, 5.74) is 1.27. The van der Waals surface area contributed by atoms with Crippen LogP contribution in [0.1, 0.15) is 61.3 Å². The van der Waals surface area contributed by atoms with Gasteiger partial charge in [-0.3, -0.25) is 0 Å². The number of allylic oxidation sites excluding steroid dienone is 2. The number of rotatable bonds is 1. The molecule has 3 heteroatoms. The second kappa shape index (κ2) is 4.11. The minimum absolute atomic E-state index is 0.145. The van der Waals surface area contributed by atoms with E-state index in [9.17, 15) is 0 Å². The topological polar surface area (TPSA) is 18.5 Å². The summed E-state index contributed by atoms with van der Waals surface area (Å²) in [6.07, 6.45) is 4.67. The fraction of sp³-hybridized carbons (Fsp3) is 0.867. The van der Waals surface area contributed by atoms with Crippen molar-refractivity contribution in [3.63, 3.8) is 0 Å². The van der Waals surface area contributed by atoms with Crippen LogP contribution in [-0.2, 0) is 9.31 Å². The van der Waals surface area contributed by atoms with Crippen LogP contribution in [0.3, 0.4) is 0 Å². The van der Waals surface area contributed by atoms with Crippen molar-refractivity contribution in [2.45, 2.75) is 72.5 Å². The molecular weight excluding hydrogens is 223 g/mol. The van der Waals surface area contributed by atoms with Gasteiger partial charge in [-0.25, -0.2) is 0 Å². The third-order valence-corrected chi connectivity index (χ3v) is 5.31. The molecule has 0 amide bonds. The van der Waals surface area contributed by atoms with Crippen molar-refractivity contribution >= 4 is 7.12 Å². The van der Waals surface area contributed by atoms with Gasteiger partial charge < -0.3 is 9.31 Å². The van der Waals surface area contributed by atoms with Crippen molar-refractivity contribution < 1.29 is 9.31 Å². The number of hydrogen-bond acceptors (Lipinski definition) is 2. The molecule has 1 atom stereocenters. The first-order valence-electron chi connectivity index (χ1n) is 7.11. The summed E-state index contributed by atoms with van der Waals surface area (Å²) >= 11 is 0. The highest BCUT2D eigenvalue weighted by atomic mass is 16.7. The van der Waals surface area contributed by atoms with Crippen LogP contribution in [0, 0.1) is 11.3 Å². The maximum Gasteiger partial charge on any atom is 0.490 e. The van der Waals surface area contributed by atoms with Crippen LogP contribution in [0.4, 0.5) is 0 Å². The Balaban J connectivity index is 2.17. The molecule has 0 aromatic rings. The van der Waals surface area contributed by atoms with Gasteiger partial charge in [0.15, 0.2) is 0 Å². The smallest absolute Gasteiger partial charge is 0.400 e. The Morgan fingerprint density at radius 2 is 1.56 bits per heavy atom. The third-order valence-electron chi connectivity index (χ3n) is 5.31. The van der Waals surface area contributed by atoms with Crippen molar-refractivity contribution in [2.24, 2.45) is 11.3 Å². The quantitative estimate of drug-likeness (QED) is 0.655. The van der Waals surface area contributed by atoms with Gasteiger partial charge in [0.1, 0.15) is 0 Å². The van der Waals surface area contributed by atoms with Crippen molar-refractivity contribution in [1.29, 1.82) is 0 Å². The fourth-order valence-corrected chi connectivity index (χ4v) is 2.52. The van der Waals surface area contributed by atoms with Crippen LogP contribution in [0.25, 0.3) is 0 Å². The predicted octanol–water partition coefficient (Wildman–Crippen LogP) is 4.00. The molecule has 2 nitrogen and oxygen atoms in total. The molecule has 0 N–H and O–H groups in total. The van der Waals surface area contributed by atoms with Crippen molar-refractivity contribution in [1.82, 2.24) is 0 Å². The van der Waals surface area contributed by atoms with Gasteiger partial charge in [-0.05, 0) is 57.3 Å². The Morgan fingerprint density at radius 3 is 2.00 bits per heavy atom. The van der Waals surface area contributed by atoms with E-state index >= 15 is 0 Å². The van der Waals surface area contributed by atoms with E-state index in [1.165, 1.54) is 11.9 Å². The van der Waals surface area contributed by atoms with Crippen LogP contribution in [0.5, 0.6) is 0 Å². The average Bonchev–Trinajstić information content (AvgIpc) is 2.41. The Kier molecular flexibility index (Phi) is 3.23. The maximum absolute atomic E-state index is 6.13. The summed E-state index contributed by atoms with van der Waals surface area (Å²) in [5, 5.41) is 0. The molecule has 18 heavy (non-hydrogen) atoms. The Bertz CT molecular complexity index is 353. The molecular formula is C15H27BO2. The van der Waals surface area contributed by atoms with Crippen LogP contribution >= 0.6 is 0 Å². The first-order valence-corrected chi connectivity index (χ1v) is 7.11. The van der Waals surface area contributed by atoms with Gasteiger partial charge in [-0.15, -0.1) is 0 Å². The number of hydrogen-bond donors (Lipinski definition) is 0. The zero-order chi connectivity index (χ0) is 13.8. The molecule has 1 saturated heterocycles. The maximum atomic E-state index is 6.13. The minimum atomic E-state index is -0.227. The standard InChI is InChI=1S/C15H27BO2/c1-11-10-12(8-9-13(11,2)3)16-17-14(4,5)15(6,7)18-16/h10-11H,8-9H2,1-7H3/t11-/m1/s1. The van der Waals surface area contributed by atoms with E-state index in [0.717, 1.165) is 6.42 Å². The lowest BCUT2D eigenvalue weighted by Crippen LogP contribution is -2.41. The van der Waals surface area contributed by atoms with Gasteiger partial charge in [-0.1, -0.05) is 26.8 Å². The van der Waals surface area contributed by atoms with Gasteiger partial charge in [-0.2, -0.15) is 0 Å². The van der Waals surface area contributed by atoms with Gasteiger partial charge in [0.25, 0.3) is 0 Å². The first kappa shape index (κ1) is 14.1. The van der Waals surface area contributed by atoms with E-state index in [1.54, 1.807) is 0 Å². The summed E-state index contributed by atoms with van der Waals surface area (Å²) in [4.78, 5) is 0. The monoisotopic (exact) mass is 250 g/mol. The second-order valence-corrected chi connectivity index (χ2v) is 7.61. The molecule has 1 heterocycles. The molecule has 2 rings (SSSR count). The molecule has 0 aromatic heterocycles. The van der Waals surface area contributed by atoms with Gasteiger partial charge >= 0.3 is 7.12 Å². The molecule has 0 aromatic carbocycles. The van der Waals surface area contributed by atoms with Gasteiger partial charge in [0, 0.05) is 0 Å². The highest BCUT2D eigenvalue weighted by Crippen LogP contribution is 2.44. The van der Waals surface area contributed by atoms with Crippen LogP contribution in [0.15, 0.2) is 11.5 Å². The average molecular weight is 250 g/mol. The second-order valence-electron chi connectivity index (χ2n) is 7.61. The SMILES string of the molecule is C[C@@H]1C=C(B2OC(C)(C)C(C)(C)O2)CCC1(C)C. The lowest BCUT2D eigenvalue weighted by molar-refractivity contribution is 0.00578. The molecule has 1 fully saturated rings. The van der Waals surface area contributed by atoms with E-state index < -0.39 is 0 Å². The largest absolute Gasteiger partial charge is 0.490 e. The van der Waals surface area contributed by atoms with Gasteiger partial charge in [0.05, 0.1) is 11.2 Å². The molecule has 102 valence electrons. The van der Waals surface area contributed by atoms with Crippen molar-refractivity contribution in [3.05, 3.63) is 11.5 Å². The van der Waals surface area contributed by atoms with Crippen LogP contribution < -0.4 is 0 Å². The summed E-state index contributed by atoms with van der Waals surface area (Å²) in [6.45, 7) is 15.4. The summed E-state index contributed by atoms with van der Waals surface area (Å²) in [5.74, 6) is 0.584. The molecule has 0 radical (unpaired) electrons. The lowest BCUT2D eigenvalue weighted by Gasteiger charge is -2.35. The van der Waals surface area contributed by atoms with Crippen molar-refractivity contribution in [3.8, 4) is 0 Å². The molecule has 2 aliphatic rings. The molecule has 0 spiro atoms. The summed E-state index contributed by atoms with van der Waals surface area (Å²) in [7, 11) is -0.145. The normalized spacial score (nSPS) is 33.4. The van der Waals surface area contributed by atoms with Gasteiger partial charge in [0.2, 0.25) is 0 Å². The molecule has 0 unspecified atom stereocenters. The van der Waals surface area contributed by atoms with E-state index in [-0.39, 0.29) is 18.3 Å². The Hall–Kier alpha value is -0.275. The van der Waals surface area contributed by atoms with E-state index in [0.29, 0.717) is 11.3 Å². The van der Waals surface area contributed by atoms with E-state index in [2.05, 4.69) is 54.5 Å². The summed E-state index contributed by atoms with van der Waals surface area (Å²) in [6, 6.07) is 0. The highest BCUT2D eigenvalue weighted by molar-refractivity contribution is 6.54. The zero-order valence-corrected chi connectivity index (χ0v) is 13.0. The fourth-order valence-electron chi connectivity index (χ4n) is 2.52. The molecule has 0 saturated carbocycles. The lowest BCUT2D eigenvalue weighted by atomic mass is 9.63. The predicted molar refractivity (Wildman–Crippen MR) is 76.3 cm³/mol. The van der Waals surface area contributed by atoms with E-state index in [4.69, 9.17) is 9.31 Å².